The van der Waals surface area contributed by atoms with Crippen molar-refractivity contribution in [3.05, 3.63) is 50.7 Å². The van der Waals surface area contributed by atoms with Crippen molar-refractivity contribution in [2.24, 2.45) is 0 Å². The lowest BCUT2D eigenvalue weighted by Crippen LogP contribution is -2.12. The van der Waals surface area contributed by atoms with Crippen LogP contribution in [0.3, 0.4) is 0 Å². The van der Waals surface area contributed by atoms with E-state index in [-0.39, 0.29) is 5.78 Å². The quantitative estimate of drug-likeness (QED) is 0.779. The zero-order valence-corrected chi connectivity index (χ0v) is 13.1. The molecule has 3 nitrogen and oxygen atoms in total. The van der Waals surface area contributed by atoms with Gasteiger partial charge in [-0.3, -0.25) is 9.48 Å². The number of benzene rings is 1. The number of hydrogen-bond acceptors (Lipinski definition) is 2. The molecule has 0 aliphatic carbocycles. The van der Waals surface area contributed by atoms with Gasteiger partial charge in [-0.2, -0.15) is 5.10 Å². The van der Waals surface area contributed by atoms with Crippen molar-refractivity contribution in [3.8, 4) is 0 Å². The third kappa shape index (κ3) is 2.90. The average Bonchev–Trinajstić information content (AvgIpc) is 2.74. The number of rotatable bonds is 4. The van der Waals surface area contributed by atoms with E-state index in [0.717, 1.165) is 23.0 Å². The van der Waals surface area contributed by atoms with Gasteiger partial charge in [-0.05, 0) is 53.0 Å². The summed E-state index contributed by atoms with van der Waals surface area (Å²) in [6.45, 7) is 4.66. The molecule has 1 aromatic heterocycles. The molecule has 100 valence electrons. The fourth-order valence-corrected chi connectivity index (χ4v) is 2.49. The van der Waals surface area contributed by atoms with Crippen LogP contribution in [0.5, 0.6) is 0 Å². The van der Waals surface area contributed by atoms with Gasteiger partial charge >= 0.3 is 0 Å². The first-order chi connectivity index (χ1) is 9.04. The number of aromatic nitrogens is 2. The summed E-state index contributed by atoms with van der Waals surface area (Å²) in [5.74, 6) is -0.0439. The maximum Gasteiger partial charge on any atom is 0.212 e. The number of nitrogens with zero attached hydrogens (tertiary/aromatic N) is 2. The minimum absolute atomic E-state index is 0.0439. The highest BCUT2D eigenvalue weighted by molar-refractivity contribution is 9.10. The minimum Gasteiger partial charge on any atom is -0.287 e. The van der Waals surface area contributed by atoms with E-state index in [1.54, 1.807) is 29.1 Å². The number of hydrogen-bond donors (Lipinski definition) is 0. The van der Waals surface area contributed by atoms with Gasteiger partial charge < -0.3 is 0 Å². The highest BCUT2D eigenvalue weighted by atomic mass is 79.9. The number of aryl methyl sites for hydroxylation is 2. The van der Waals surface area contributed by atoms with Crippen LogP contribution >= 0.6 is 27.5 Å². The summed E-state index contributed by atoms with van der Waals surface area (Å²) in [5, 5.41) is 4.88. The molecule has 1 aromatic carbocycles. The molecular formula is C14H14BrClN2O. The molecule has 0 N–H and O–H groups in total. The molecule has 0 bridgehead atoms. The van der Waals surface area contributed by atoms with Crippen LogP contribution in [0.1, 0.15) is 35.0 Å². The van der Waals surface area contributed by atoms with Crippen molar-refractivity contribution in [2.75, 3.05) is 0 Å². The molecule has 0 aliphatic rings. The molecule has 0 saturated carbocycles. The Balaban J connectivity index is 2.43. The summed E-state index contributed by atoms with van der Waals surface area (Å²) < 4.78 is 2.45. The van der Waals surface area contributed by atoms with E-state index in [4.69, 9.17) is 11.6 Å². The largest absolute Gasteiger partial charge is 0.287 e. The summed E-state index contributed by atoms with van der Waals surface area (Å²) in [5.41, 5.74) is 2.11. The molecule has 19 heavy (non-hydrogen) atoms. The lowest BCUT2D eigenvalue weighted by molar-refractivity contribution is 0.102. The molecule has 5 heteroatoms. The lowest BCUT2D eigenvalue weighted by Gasteiger charge is -2.07. The zero-order valence-electron chi connectivity index (χ0n) is 10.8. The molecular weight excluding hydrogens is 328 g/mol. The van der Waals surface area contributed by atoms with Crippen molar-refractivity contribution < 1.29 is 4.79 Å². The standard InChI is InChI=1S/C14H14BrClN2O/c1-3-6-18-13(11(15)8-17-18)14(19)10-4-5-12(16)9(2)7-10/h4-5,7-8H,3,6H2,1-2H3. The van der Waals surface area contributed by atoms with Gasteiger partial charge in [0.15, 0.2) is 0 Å². The van der Waals surface area contributed by atoms with Crippen molar-refractivity contribution in [1.29, 1.82) is 0 Å². The summed E-state index contributed by atoms with van der Waals surface area (Å²) in [6, 6.07) is 5.30. The molecule has 0 unspecified atom stereocenters. The van der Waals surface area contributed by atoms with Crippen LogP contribution < -0.4 is 0 Å². The fraction of sp³-hybridized carbons (Fsp3) is 0.286. The second kappa shape index (κ2) is 5.88. The van der Waals surface area contributed by atoms with Gasteiger partial charge in [-0.25, -0.2) is 0 Å². The van der Waals surface area contributed by atoms with Gasteiger partial charge in [-0.15, -0.1) is 0 Å². The first-order valence-electron chi connectivity index (χ1n) is 6.06. The normalized spacial score (nSPS) is 10.7. The van der Waals surface area contributed by atoms with Gasteiger partial charge in [0.05, 0.1) is 10.7 Å². The van der Waals surface area contributed by atoms with Crippen LogP contribution in [-0.4, -0.2) is 15.6 Å². The zero-order chi connectivity index (χ0) is 14.0. The topological polar surface area (TPSA) is 34.9 Å². The molecule has 2 rings (SSSR count). The van der Waals surface area contributed by atoms with Crippen LogP contribution in [0.2, 0.25) is 5.02 Å². The van der Waals surface area contributed by atoms with Gasteiger partial charge in [0.25, 0.3) is 0 Å². The third-order valence-corrected chi connectivity index (χ3v) is 3.87. The van der Waals surface area contributed by atoms with Gasteiger partial charge in [0, 0.05) is 17.1 Å². The molecule has 0 amide bonds. The molecule has 2 aromatic rings. The Morgan fingerprint density at radius 2 is 2.21 bits per heavy atom. The van der Waals surface area contributed by atoms with Crippen molar-refractivity contribution >= 4 is 33.3 Å². The van der Waals surface area contributed by atoms with Gasteiger partial charge in [-0.1, -0.05) is 18.5 Å². The number of carbonyl (C=O) groups excluding carboxylic acids is 1. The van der Waals surface area contributed by atoms with Crippen molar-refractivity contribution in [2.45, 2.75) is 26.8 Å². The summed E-state index contributed by atoms with van der Waals surface area (Å²) in [4.78, 5) is 12.6. The summed E-state index contributed by atoms with van der Waals surface area (Å²) in [7, 11) is 0. The number of ketones is 1. The first kappa shape index (κ1) is 14.3. The highest BCUT2D eigenvalue weighted by Gasteiger charge is 2.19. The SMILES string of the molecule is CCCn1ncc(Br)c1C(=O)c1ccc(Cl)c(C)c1. The number of halogens is 2. The second-order valence-electron chi connectivity index (χ2n) is 4.36. The van der Waals surface area contributed by atoms with E-state index in [9.17, 15) is 4.79 Å². The molecule has 0 saturated heterocycles. The summed E-state index contributed by atoms with van der Waals surface area (Å²) in [6.07, 6.45) is 2.58. The van der Waals surface area contributed by atoms with Gasteiger partial charge in [0.1, 0.15) is 5.69 Å². The fourth-order valence-electron chi connectivity index (χ4n) is 1.89. The van der Waals surface area contributed by atoms with Crippen LogP contribution in [0.25, 0.3) is 0 Å². The Morgan fingerprint density at radius 1 is 1.47 bits per heavy atom. The second-order valence-corrected chi connectivity index (χ2v) is 5.62. The number of carbonyl (C=O) groups is 1. The Hall–Kier alpha value is -1.13. The van der Waals surface area contributed by atoms with Crippen LogP contribution in [0, 0.1) is 6.92 Å². The predicted molar refractivity (Wildman–Crippen MR) is 79.8 cm³/mol. The molecule has 0 atom stereocenters. The Bertz CT molecular complexity index is 622. The van der Waals surface area contributed by atoms with E-state index in [0.29, 0.717) is 16.3 Å². The molecule has 1 heterocycles. The Morgan fingerprint density at radius 3 is 2.84 bits per heavy atom. The lowest BCUT2D eigenvalue weighted by atomic mass is 10.1. The molecule has 0 aliphatic heterocycles. The Kier molecular flexibility index (Phi) is 4.42. The van der Waals surface area contributed by atoms with E-state index in [1.165, 1.54) is 0 Å². The predicted octanol–water partition coefficient (Wildman–Crippen LogP) is 4.25. The maximum absolute atomic E-state index is 12.6. The van der Waals surface area contributed by atoms with Crippen molar-refractivity contribution in [1.82, 2.24) is 9.78 Å². The minimum atomic E-state index is -0.0439. The summed E-state index contributed by atoms with van der Waals surface area (Å²) >= 11 is 9.37. The van der Waals surface area contributed by atoms with E-state index >= 15 is 0 Å². The maximum atomic E-state index is 12.6. The third-order valence-electron chi connectivity index (χ3n) is 2.87. The van der Waals surface area contributed by atoms with E-state index in [1.807, 2.05) is 6.92 Å². The van der Waals surface area contributed by atoms with Crippen LogP contribution in [-0.2, 0) is 6.54 Å². The highest BCUT2D eigenvalue weighted by Crippen LogP contribution is 2.23. The molecule has 0 spiro atoms. The Labute approximate surface area is 125 Å². The molecule has 0 fully saturated rings. The van der Waals surface area contributed by atoms with Crippen LogP contribution in [0.15, 0.2) is 28.9 Å². The monoisotopic (exact) mass is 340 g/mol. The van der Waals surface area contributed by atoms with Crippen molar-refractivity contribution in [3.63, 3.8) is 0 Å². The van der Waals surface area contributed by atoms with E-state index in [2.05, 4.69) is 28.0 Å². The average molecular weight is 342 g/mol. The first-order valence-corrected chi connectivity index (χ1v) is 7.23. The van der Waals surface area contributed by atoms with Gasteiger partial charge in [0.2, 0.25) is 5.78 Å². The molecule has 0 radical (unpaired) electrons. The van der Waals surface area contributed by atoms with E-state index < -0.39 is 0 Å². The van der Waals surface area contributed by atoms with Crippen LogP contribution in [0.4, 0.5) is 0 Å². The smallest absolute Gasteiger partial charge is 0.212 e.